The van der Waals surface area contributed by atoms with Gasteiger partial charge in [-0.25, -0.2) is 4.79 Å². The molecule has 0 aromatic heterocycles. The van der Waals surface area contributed by atoms with E-state index in [1.807, 2.05) is 45.0 Å². The van der Waals surface area contributed by atoms with Gasteiger partial charge in [-0.15, -0.1) is 0 Å². The molecule has 2 atom stereocenters. The molecule has 0 spiro atoms. The average molecular weight is 325 g/mol. The van der Waals surface area contributed by atoms with E-state index in [1.165, 1.54) is 0 Å². The maximum absolute atomic E-state index is 11.9. The summed E-state index contributed by atoms with van der Waals surface area (Å²) in [4.78, 5) is 11.9. The molecular formula is C17H25ClN2O2. The van der Waals surface area contributed by atoms with E-state index >= 15 is 0 Å². The molecular weight excluding hydrogens is 300 g/mol. The number of hydrogen-bond acceptors (Lipinski definition) is 3. The largest absolute Gasteiger partial charge is 0.444 e. The van der Waals surface area contributed by atoms with Crippen LogP contribution in [0.5, 0.6) is 0 Å². The minimum absolute atomic E-state index is 0.119. The third-order valence-electron chi connectivity index (χ3n) is 3.68. The standard InChI is InChI=1S/C17H25ClN2O2/c1-17(2,3)22-16(21)20-15-9-5-8-14(15)19-11-12-6-4-7-13(18)10-12/h4,6-7,10,14-15,19H,5,8-9,11H2,1-3H3,(H,20,21). The smallest absolute Gasteiger partial charge is 0.407 e. The molecule has 1 amide bonds. The maximum Gasteiger partial charge on any atom is 0.407 e. The van der Waals surface area contributed by atoms with E-state index in [2.05, 4.69) is 10.6 Å². The van der Waals surface area contributed by atoms with E-state index in [4.69, 9.17) is 16.3 Å². The number of alkyl carbamates (subject to hydrolysis) is 1. The molecule has 1 fully saturated rings. The van der Waals surface area contributed by atoms with E-state index in [9.17, 15) is 4.79 Å². The number of benzene rings is 1. The summed E-state index contributed by atoms with van der Waals surface area (Å²) in [5.74, 6) is 0. The van der Waals surface area contributed by atoms with E-state index in [1.54, 1.807) is 0 Å². The number of ether oxygens (including phenoxy) is 1. The second-order valence-electron chi connectivity index (χ2n) is 6.80. The van der Waals surface area contributed by atoms with Crippen LogP contribution in [0, 0.1) is 0 Å². The van der Waals surface area contributed by atoms with Gasteiger partial charge < -0.3 is 15.4 Å². The lowest BCUT2D eigenvalue weighted by molar-refractivity contribution is 0.0498. The van der Waals surface area contributed by atoms with Gasteiger partial charge >= 0.3 is 6.09 Å². The molecule has 1 aromatic rings. The van der Waals surface area contributed by atoms with Crippen LogP contribution in [-0.2, 0) is 11.3 Å². The molecule has 2 N–H and O–H groups in total. The highest BCUT2D eigenvalue weighted by Crippen LogP contribution is 2.21. The van der Waals surface area contributed by atoms with Crippen molar-refractivity contribution in [2.24, 2.45) is 0 Å². The second kappa shape index (κ2) is 7.34. The van der Waals surface area contributed by atoms with Gasteiger partial charge in [-0.05, 0) is 57.7 Å². The van der Waals surface area contributed by atoms with Gasteiger partial charge in [-0.1, -0.05) is 23.7 Å². The highest BCUT2D eigenvalue weighted by atomic mass is 35.5. The van der Waals surface area contributed by atoms with Crippen LogP contribution in [0.1, 0.15) is 45.6 Å². The maximum atomic E-state index is 11.9. The number of hydrogen-bond donors (Lipinski definition) is 2. The Bertz CT molecular complexity index is 514. The van der Waals surface area contributed by atoms with E-state index in [0.717, 1.165) is 36.4 Å². The summed E-state index contributed by atoms with van der Waals surface area (Å²) in [5.41, 5.74) is 0.683. The molecule has 0 saturated heterocycles. The van der Waals surface area contributed by atoms with Crippen molar-refractivity contribution in [2.75, 3.05) is 0 Å². The lowest BCUT2D eigenvalue weighted by Crippen LogP contribution is -2.47. The number of halogens is 1. The Hall–Kier alpha value is -1.26. The molecule has 1 saturated carbocycles. The Morgan fingerprint density at radius 3 is 2.73 bits per heavy atom. The summed E-state index contributed by atoms with van der Waals surface area (Å²) < 4.78 is 5.33. The van der Waals surface area contributed by atoms with Crippen molar-refractivity contribution in [3.63, 3.8) is 0 Å². The number of rotatable bonds is 4. The molecule has 0 radical (unpaired) electrons. The van der Waals surface area contributed by atoms with Crippen molar-refractivity contribution in [3.05, 3.63) is 34.9 Å². The Morgan fingerprint density at radius 2 is 2.05 bits per heavy atom. The number of carbonyl (C=O) groups excluding carboxylic acids is 1. The van der Waals surface area contributed by atoms with E-state index in [-0.39, 0.29) is 18.2 Å². The quantitative estimate of drug-likeness (QED) is 0.883. The third-order valence-corrected chi connectivity index (χ3v) is 3.91. The zero-order valence-corrected chi connectivity index (χ0v) is 14.2. The molecule has 22 heavy (non-hydrogen) atoms. The summed E-state index contributed by atoms with van der Waals surface area (Å²) in [6.07, 6.45) is 2.80. The minimum Gasteiger partial charge on any atom is -0.444 e. The number of nitrogens with one attached hydrogen (secondary N) is 2. The van der Waals surface area contributed by atoms with Gasteiger partial charge in [0, 0.05) is 23.7 Å². The average Bonchev–Trinajstić information content (AvgIpc) is 2.81. The van der Waals surface area contributed by atoms with Crippen LogP contribution in [0.2, 0.25) is 5.02 Å². The molecule has 1 aromatic carbocycles. The Morgan fingerprint density at radius 1 is 1.32 bits per heavy atom. The zero-order valence-electron chi connectivity index (χ0n) is 13.5. The highest BCUT2D eigenvalue weighted by Gasteiger charge is 2.29. The molecule has 2 unspecified atom stereocenters. The van der Waals surface area contributed by atoms with Crippen LogP contribution in [0.15, 0.2) is 24.3 Å². The van der Waals surface area contributed by atoms with Crippen LogP contribution in [0.4, 0.5) is 4.79 Å². The summed E-state index contributed by atoms with van der Waals surface area (Å²) >= 11 is 6.00. The zero-order chi connectivity index (χ0) is 16.2. The summed E-state index contributed by atoms with van der Waals surface area (Å²) in [6.45, 7) is 6.36. The lowest BCUT2D eigenvalue weighted by Gasteiger charge is -2.25. The van der Waals surface area contributed by atoms with Crippen LogP contribution in [-0.4, -0.2) is 23.8 Å². The molecule has 122 valence electrons. The fraction of sp³-hybridized carbons (Fsp3) is 0.588. The van der Waals surface area contributed by atoms with Gasteiger partial charge in [-0.3, -0.25) is 0 Å². The molecule has 1 aliphatic carbocycles. The third kappa shape index (κ3) is 5.50. The molecule has 4 nitrogen and oxygen atoms in total. The minimum atomic E-state index is -0.466. The van der Waals surface area contributed by atoms with Crippen molar-refractivity contribution in [1.29, 1.82) is 0 Å². The van der Waals surface area contributed by atoms with Crippen molar-refractivity contribution >= 4 is 17.7 Å². The molecule has 5 heteroatoms. The monoisotopic (exact) mass is 324 g/mol. The summed E-state index contributed by atoms with van der Waals surface area (Å²) in [6, 6.07) is 8.21. The van der Waals surface area contributed by atoms with Gasteiger partial charge in [0.1, 0.15) is 5.60 Å². The number of amides is 1. The predicted molar refractivity (Wildman–Crippen MR) is 89.1 cm³/mol. The lowest BCUT2D eigenvalue weighted by atomic mass is 10.1. The van der Waals surface area contributed by atoms with Crippen LogP contribution in [0.25, 0.3) is 0 Å². The molecule has 1 aliphatic rings. The summed E-state index contributed by atoms with van der Waals surface area (Å²) in [7, 11) is 0. The predicted octanol–water partition coefficient (Wildman–Crippen LogP) is 3.88. The van der Waals surface area contributed by atoms with Gasteiger partial charge in [0.15, 0.2) is 0 Å². The number of carbonyl (C=O) groups is 1. The summed E-state index contributed by atoms with van der Waals surface area (Å²) in [5, 5.41) is 7.24. The fourth-order valence-corrected chi connectivity index (χ4v) is 2.94. The molecule has 2 rings (SSSR count). The van der Waals surface area contributed by atoms with Gasteiger partial charge in [-0.2, -0.15) is 0 Å². The highest BCUT2D eigenvalue weighted by molar-refractivity contribution is 6.30. The van der Waals surface area contributed by atoms with Gasteiger partial charge in [0.2, 0.25) is 0 Å². The van der Waals surface area contributed by atoms with Crippen molar-refractivity contribution < 1.29 is 9.53 Å². The van der Waals surface area contributed by atoms with E-state index in [0.29, 0.717) is 0 Å². The van der Waals surface area contributed by atoms with Gasteiger partial charge in [0.25, 0.3) is 0 Å². The first-order valence-electron chi connectivity index (χ1n) is 7.81. The topological polar surface area (TPSA) is 50.4 Å². The van der Waals surface area contributed by atoms with Crippen molar-refractivity contribution in [2.45, 2.75) is 64.3 Å². The second-order valence-corrected chi connectivity index (χ2v) is 7.24. The first-order valence-corrected chi connectivity index (χ1v) is 8.18. The molecule has 0 heterocycles. The molecule has 0 aliphatic heterocycles. The normalized spacial score (nSPS) is 21.6. The van der Waals surface area contributed by atoms with Crippen molar-refractivity contribution in [1.82, 2.24) is 10.6 Å². The molecule has 0 bridgehead atoms. The first-order chi connectivity index (χ1) is 10.3. The first kappa shape index (κ1) is 17.1. The fourth-order valence-electron chi connectivity index (χ4n) is 2.73. The van der Waals surface area contributed by atoms with Crippen LogP contribution < -0.4 is 10.6 Å². The van der Waals surface area contributed by atoms with Gasteiger partial charge in [0.05, 0.1) is 0 Å². The van der Waals surface area contributed by atoms with Crippen LogP contribution in [0.3, 0.4) is 0 Å². The van der Waals surface area contributed by atoms with Crippen molar-refractivity contribution in [3.8, 4) is 0 Å². The van der Waals surface area contributed by atoms with Crippen LogP contribution >= 0.6 is 11.6 Å². The SMILES string of the molecule is CC(C)(C)OC(=O)NC1CCCC1NCc1cccc(Cl)c1. The Kier molecular flexibility index (Phi) is 5.70. The van der Waals surface area contributed by atoms with E-state index < -0.39 is 5.60 Å². The Balaban J connectivity index is 1.84. The Labute approximate surface area is 137 Å².